The van der Waals surface area contributed by atoms with E-state index in [4.69, 9.17) is 4.74 Å². The van der Waals surface area contributed by atoms with E-state index in [0.717, 1.165) is 6.08 Å². The SMILES string of the molecule is C=CC(=O)NC1C(O)OC(CNC(=O)C(=C)C)C(O)C1O. The van der Waals surface area contributed by atoms with Crippen molar-refractivity contribution < 1.29 is 29.6 Å². The second-order valence-corrected chi connectivity index (χ2v) is 4.78. The number of nitrogens with one attached hydrogen (secondary N) is 2. The lowest BCUT2D eigenvalue weighted by Crippen LogP contribution is -2.64. The third-order valence-corrected chi connectivity index (χ3v) is 3.07. The summed E-state index contributed by atoms with van der Waals surface area (Å²) in [5, 5.41) is 34.3. The van der Waals surface area contributed by atoms with Crippen LogP contribution in [0.5, 0.6) is 0 Å². The minimum absolute atomic E-state index is 0.122. The van der Waals surface area contributed by atoms with Crippen LogP contribution in [0.2, 0.25) is 0 Å². The number of ether oxygens (including phenoxy) is 1. The molecule has 1 fully saturated rings. The molecule has 1 heterocycles. The molecular weight excluding hydrogens is 280 g/mol. The summed E-state index contributed by atoms with van der Waals surface area (Å²) in [5.41, 5.74) is 0.275. The zero-order valence-corrected chi connectivity index (χ0v) is 11.7. The maximum atomic E-state index is 11.4. The van der Waals surface area contributed by atoms with Gasteiger partial charge in [0.15, 0.2) is 6.29 Å². The number of hydrogen-bond acceptors (Lipinski definition) is 6. The maximum absolute atomic E-state index is 11.4. The van der Waals surface area contributed by atoms with Gasteiger partial charge in [0.1, 0.15) is 24.4 Å². The zero-order chi connectivity index (χ0) is 16.2. The Morgan fingerprint density at radius 3 is 2.43 bits per heavy atom. The molecule has 0 aromatic carbocycles. The molecule has 5 N–H and O–H groups in total. The largest absolute Gasteiger partial charge is 0.388 e. The molecule has 1 rings (SSSR count). The number of aliphatic hydroxyl groups excluding tert-OH is 3. The first-order valence-corrected chi connectivity index (χ1v) is 6.34. The highest BCUT2D eigenvalue weighted by Crippen LogP contribution is 2.19. The number of carbonyl (C=O) groups is 2. The van der Waals surface area contributed by atoms with Gasteiger partial charge < -0.3 is 30.7 Å². The van der Waals surface area contributed by atoms with Crippen molar-refractivity contribution in [1.29, 1.82) is 0 Å². The van der Waals surface area contributed by atoms with E-state index in [1.165, 1.54) is 6.92 Å². The lowest BCUT2D eigenvalue weighted by atomic mass is 9.96. The minimum atomic E-state index is -1.53. The Balaban J connectivity index is 2.65. The maximum Gasteiger partial charge on any atom is 0.246 e. The molecule has 0 saturated carbocycles. The number of amides is 2. The second kappa shape index (κ2) is 7.32. The lowest BCUT2D eigenvalue weighted by Gasteiger charge is -2.40. The molecule has 21 heavy (non-hydrogen) atoms. The van der Waals surface area contributed by atoms with Crippen LogP contribution in [0.1, 0.15) is 6.92 Å². The van der Waals surface area contributed by atoms with Gasteiger partial charge in [-0.05, 0) is 13.0 Å². The molecule has 8 nitrogen and oxygen atoms in total. The predicted octanol–water partition coefficient (Wildman–Crippen LogP) is -2.21. The topological polar surface area (TPSA) is 128 Å². The van der Waals surface area contributed by atoms with Gasteiger partial charge in [-0.3, -0.25) is 9.59 Å². The highest BCUT2D eigenvalue weighted by atomic mass is 16.6. The van der Waals surface area contributed by atoms with Crippen molar-refractivity contribution >= 4 is 11.8 Å². The Morgan fingerprint density at radius 2 is 1.90 bits per heavy atom. The quantitative estimate of drug-likeness (QED) is 0.366. The third-order valence-electron chi connectivity index (χ3n) is 3.07. The van der Waals surface area contributed by atoms with Crippen LogP contribution in [-0.4, -0.2) is 64.3 Å². The fourth-order valence-corrected chi connectivity index (χ4v) is 1.84. The van der Waals surface area contributed by atoms with Gasteiger partial charge >= 0.3 is 0 Å². The van der Waals surface area contributed by atoms with Crippen LogP contribution < -0.4 is 10.6 Å². The highest BCUT2D eigenvalue weighted by molar-refractivity contribution is 5.92. The fourth-order valence-electron chi connectivity index (χ4n) is 1.84. The molecule has 5 atom stereocenters. The van der Waals surface area contributed by atoms with Gasteiger partial charge in [-0.25, -0.2) is 0 Å². The summed E-state index contributed by atoms with van der Waals surface area (Å²) < 4.78 is 5.11. The van der Waals surface area contributed by atoms with E-state index in [1.807, 2.05) is 0 Å². The Morgan fingerprint density at radius 1 is 1.29 bits per heavy atom. The molecule has 5 unspecified atom stereocenters. The van der Waals surface area contributed by atoms with Gasteiger partial charge in [0, 0.05) is 12.1 Å². The van der Waals surface area contributed by atoms with Crippen molar-refractivity contribution in [3.63, 3.8) is 0 Å². The zero-order valence-electron chi connectivity index (χ0n) is 11.7. The lowest BCUT2D eigenvalue weighted by molar-refractivity contribution is -0.245. The van der Waals surface area contributed by atoms with E-state index in [2.05, 4.69) is 23.8 Å². The molecule has 0 radical (unpaired) electrons. The fraction of sp³-hybridized carbons (Fsp3) is 0.538. The van der Waals surface area contributed by atoms with Crippen LogP contribution in [0.15, 0.2) is 24.8 Å². The second-order valence-electron chi connectivity index (χ2n) is 4.78. The van der Waals surface area contributed by atoms with Gasteiger partial charge in [0.05, 0.1) is 0 Å². The summed E-state index contributed by atoms with van der Waals surface area (Å²) in [6.07, 6.45) is -4.43. The van der Waals surface area contributed by atoms with Crippen LogP contribution in [0.25, 0.3) is 0 Å². The first kappa shape index (κ1) is 17.3. The molecule has 1 saturated heterocycles. The van der Waals surface area contributed by atoms with Crippen molar-refractivity contribution in [1.82, 2.24) is 10.6 Å². The molecule has 2 amide bonds. The number of rotatable bonds is 5. The van der Waals surface area contributed by atoms with E-state index in [0.29, 0.717) is 0 Å². The summed E-state index contributed by atoms with van der Waals surface area (Å²) in [6, 6.07) is -1.20. The van der Waals surface area contributed by atoms with Crippen molar-refractivity contribution in [2.24, 2.45) is 0 Å². The van der Waals surface area contributed by atoms with Gasteiger partial charge in [0.2, 0.25) is 11.8 Å². The molecule has 1 aliphatic rings. The van der Waals surface area contributed by atoms with Crippen LogP contribution in [0, 0.1) is 0 Å². The molecule has 0 bridgehead atoms. The molecule has 0 aromatic rings. The van der Waals surface area contributed by atoms with Gasteiger partial charge in [-0.15, -0.1) is 0 Å². The Labute approximate surface area is 122 Å². The monoisotopic (exact) mass is 300 g/mol. The number of aliphatic hydroxyl groups is 3. The molecule has 0 aromatic heterocycles. The summed E-state index contributed by atoms with van der Waals surface area (Å²) in [4.78, 5) is 22.6. The molecule has 0 aliphatic carbocycles. The number of hydrogen-bond donors (Lipinski definition) is 5. The standard InChI is InChI=1S/C13H20N2O6/c1-4-8(16)15-9-11(18)10(17)7(21-13(9)20)5-14-12(19)6(2)3/h4,7,9-11,13,17-18,20H,1-2,5H2,3H3,(H,14,19)(H,15,16). The van der Waals surface area contributed by atoms with Crippen LogP contribution >= 0.6 is 0 Å². The molecular formula is C13H20N2O6. The van der Waals surface area contributed by atoms with Gasteiger partial charge in [0.25, 0.3) is 0 Å². The average Bonchev–Trinajstić information content (AvgIpc) is 2.44. The van der Waals surface area contributed by atoms with Crippen LogP contribution in [0.3, 0.4) is 0 Å². The number of carbonyl (C=O) groups excluding carboxylic acids is 2. The average molecular weight is 300 g/mol. The third kappa shape index (κ3) is 4.36. The van der Waals surface area contributed by atoms with E-state index in [1.54, 1.807) is 0 Å². The first-order chi connectivity index (χ1) is 9.77. The normalized spacial score (nSPS) is 32.1. The van der Waals surface area contributed by atoms with Gasteiger partial charge in [-0.2, -0.15) is 0 Å². The smallest absolute Gasteiger partial charge is 0.246 e. The Bertz CT molecular complexity index is 438. The van der Waals surface area contributed by atoms with Crippen molar-refractivity contribution in [3.8, 4) is 0 Å². The van der Waals surface area contributed by atoms with E-state index >= 15 is 0 Å². The van der Waals surface area contributed by atoms with Crippen LogP contribution in [-0.2, 0) is 14.3 Å². The summed E-state index contributed by atoms with van der Waals surface area (Å²) in [6.45, 7) is 8.08. The van der Waals surface area contributed by atoms with Crippen molar-refractivity contribution in [2.75, 3.05) is 6.54 Å². The van der Waals surface area contributed by atoms with Crippen molar-refractivity contribution in [3.05, 3.63) is 24.8 Å². The Kier molecular flexibility index (Phi) is 6.03. The van der Waals surface area contributed by atoms with E-state index < -0.39 is 42.5 Å². The van der Waals surface area contributed by atoms with Crippen molar-refractivity contribution in [2.45, 2.75) is 37.6 Å². The summed E-state index contributed by atoms with van der Waals surface area (Å²) in [7, 11) is 0. The van der Waals surface area contributed by atoms with Crippen LogP contribution in [0.4, 0.5) is 0 Å². The molecule has 1 aliphatic heterocycles. The van der Waals surface area contributed by atoms with Gasteiger partial charge in [-0.1, -0.05) is 13.2 Å². The Hall–Kier alpha value is -1.74. The molecule has 118 valence electrons. The first-order valence-electron chi connectivity index (χ1n) is 6.34. The molecule has 8 heteroatoms. The van der Waals surface area contributed by atoms with E-state index in [-0.39, 0.29) is 12.1 Å². The summed E-state index contributed by atoms with van der Waals surface area (Å²) >= 11 is 0. The van der Waals surface area contributed by atoms with E-state index in [9.17, 15) is 24.9 Å². The highest BCUT2D eigenvalue weighted by Gasteiger charge is 2.44. The summed E-state index contributed by atoms with van der Waals surface area (Å²) in [5.74, 6) is -1.06. The molecule has 0 spiro atoms. The minimum Gasteiger partial charge on any atom is -0.388 e. The predicted molar refractivity (Wildman–Crippen MR) is 72.8 cm³/mol.